The van der Waals surface area contributed by atoms with Crippen molar-refractivity contribution in [2.24, 2.45) is 5.73 Å². The van der Waals surface area contributed by atoms with Gasteiger partial charge in [0.15, 0.2) is 0 Å². The molecule has 3 heteroatoms. The second kappa shape index (κ2) is 5.52. The van der Waals surface area contributed by atoms with Gasteiger partial charge in [0.1, 0.15) is 5.75 Å². The molecule has 0 bridgehead atoms. The summed E-state index contributed by atoms with van der Waals surface area (Å²) in [5.74, 6) is 0.968. The van der Waals surface area contributed by atoms with Crippen LogP contribution in [-0.4, -0.2) is 19.2 Å². The minimum absolute atomic E-state index is 0.0529. The Labute approximate surface area is 104 Å². The van der Waals surface area contributed by atoms with Crippen LogP contribution in [0.15, 0.2) is 12.1 Å². The third kappa shape index (κ3) is 3.72. The van der Waals surface area contributed by atoms with Crippen LogP contribution in [0.4, 0.5) is 0 Å². The third-order valence-electron chi connectivity index (χ3n) is 2.97. The smallest absolute Gasteiger partial charge is 0.126 e. The largest absolute Gasteiger partial charge is 0.496 e. The number of nitrogens with two attached hydrogens (primary N) is 1. The van der Waals surface area contributed by atoms with E-state index in [4.69, 9.17) is 10.5 Å². The molecular formula is C14H24N2O. The number of nitrogens with one attached hydrogen (secondary N) is 1. The Morgan fingerprint density at radius 1 is 1.29 bits per heavy atom. The number of aryl methyl sites for hydroxylation is 2. The highest BCUT2D eigenvalue weighted by molar-refractivity contribution is 5.43. The van der Waals surface area contributed by atoms with Crippen molar-refractivity contribution in [2.75, 3.05) is 13.7 Å². The van der Waals surface area contributed by atoms with Crippen LogP contribution in [0.5, 0.6) is 5.75 Å². The maximum absolute atomic E-state index is 5.71. The Hall–Kier alpha value is -1.06. The maximum Gasteiger partial charge on any atom is 0.126 e. The average molecular weight is 236 g/mol. The number of ether oxygens (including phenoxy) is 1. The highest BCUT2D eigenvalue weighted by Crippen LogP contribution is 2.25. The van der Waals surface area contributed by atoms with Gasteiger partial charge in [-0.05, 0) is 33.3 Å². The summed E-state index contributed by atoms with van der Waals surface area (Å²) in [7, 11) is 1.72. The minimum atomic E-state index is -0.0529. The first-order valence-corrected chi connectivity index (χ1v) is 5.99. The van der Waals surface area contributed by atoms with Gasteiger partial charge in [-0.1, -0.05) is 17.7 Å². The van der Waals surface area contributed by atoms with Crippen LogP contribution in [0.2, 0.25) is 0 Å². The zero-order valence-electron chi connectivity index (χ0n) is 11.6. The molecule has 1 rings (SSSR count). The molecule has 0 aliphatic carbocycles. The number of rotatable bonds is 5. The zero-order valence-corrected chi connectivity index (χ0v) is 11.6. The van der Waals surface area contributed by atoms with E-state index in [0.29, 0.717) is 6.54 Å². The van der Waals surface area contributed by atoms with Crippen LogP contribution in [0.3, 0.4) is 0 Å². The molecule has 0 saturated heterocycles. The summed E-state index contributed by atoms with van der Waals surface area (Å²) in [5, 5.41) is 3.45. The molecule has 0 radical (unpaired) electrons. The summed E-state index contributed by atoms with van der Waals surface area (Å²) in [4.78, 5) is 0. The monoisotopic (exact) mass is 236 g/mol. The molecule has 96 valence electrons. The molecule has 1 aromatic rings. The van der Waals surface area contributed by atoms with E-state index in [2.05, 4.69) is 45.1 Å². The fourth-order valence-corrected chi connectivity index (χ4v) is 1.87. The second-order valence-electron chi connectivity index (χ2n) is 5.22. The topological polar surface area (TPSA) is 47.3 Å². The molecule has 0 atom stereocenters. The van der Waals surface area contributed by atoms with E-state index in [-0.39, 0.29) is 5.54 Å². The van der Waals surface area contributed by atoms with Crippen molar-refractivity contribution in [1.82, 2.24) is 5.32 Å². The van der Waals surface area contributed by atoms with Crippen LogP contribution in [0.25, 0.3) is 0 Å². The van der Waals surface area contributed by atoms with Crippen molar-refractivity contribution < 1.29 is 4.74 Å². The molecular weight excluding hydrogens is 212 g/mol. The first-order chi connectivity index (χ1) is 7.89. The third-order valence-corrected chi connectivity index (χ3v) is 2.97. The summed E-state index contributed by atoms with van der Waals surface area (Å²) in [5.41, 5.74) is 9.27. The van der Waals surface area contributed by atoms with E-state index in [0.717, 1.165) is 12.3 Å². The molecule has 3 nitrogen and oxygen atoms in total. The van der Waals surface area contributed by atoms with Gasteiger partial charge in [-0.3, -0.25) is 0 Å². The van der Waals surface area contributed by atoms with Gasteiger partial charge in [0.2, 0.25) is 0 Å². The Balaban J connectivity index is 2.90. The molecule has 0 amide bonds. The summed E-state index contributed by atoms with van der Waals surface area (Å²) in [6.07, 6.45) is 0. The van der Waals surface area contributed by atoms with Crippen LogP contribution in [0.1, 0.15) is 30.5 Å². The average Bonchev–Trinajstić information content (AvgIpc) is 2.26. The molecule has 3 N–H and O–H groups in total. The molecule has 0 aromatic heterocycles. The van der Waals surface area contributed by atoms with Crippen LogP contribution in [-0.2, 0) is 6.54 Å². The Morgan fingerprint density at radius 2 is 1.94 bits per heavy atom. The highest BCUT2D eigenvalue weighted by atomic mass is 16.5. The van der Waals surface area contributed by atoms with Gasteiger partial charge in [0.25, 0.3) is 0 Å². The predicted molar refractivity (Wildman–Crippen MR) is 72.4 cm³/mol. The Kier molecular flexibility index (Phi) is 4.54. The van der Waals surface area contributed by atoms with Gasteiger partial charge in [-0.25, -0.2) is 0 Å². The summed E-state index contributed by atoms with van der Waals surface area (Å²) < 4.78 is 5.46. The second-order valence-corrected chi connectivity index (χ2v) is 5.22. The molecule has 17 heavy (non-hydrogen) atoms. The van der Waals surface area contributed by atoms with Crippen molar-refractivity contribution in [1.29, 1.82) is 0 Å². The molecule has 0 heterocycles. The minimum Gasteiger partial charge on any atom is -0.496 e. The van der Waals surface area contributed by atoms with Crippen molar-refractivity contribution in [3.8, 4) is 5.75 Å². The van der Waals surface area contributed by atoms with Crippen LogP contribution in [0, 0.1) is 13.8 Å². The predicted octanol–water partition coefficient (Wildman–Crippen LogP) is 2.14. The molecule has 0 aliphatic rings. The molecule has 0 fully saturated rings. The van der Waals surface area contributed by atoms with Gasteiger partial charge >= 0.3 is 0 Å². The van der Waals surface area contributed by atoms with E-state index < -0.39 is 0 Å². The molecule has 0 aliphatic heterocycles. The number of hydrogen-bond donors (Lipinski definition) is 2. The number of methoxy groups -OCH3 is 1. The lowest BCUT2D eigenvalue weighted by molar-refractivity contribution is 0.378. The molecule has 0 unspecified atom stereocenters. The first-order valence-electron chi connectivity index (χ1n) is 5.99. The zero-order chi connectivity index (χ0) is 13.1. The number of benzene rings is 1. The summed E-state index contributed by atoms with van der Waals surface area (Å²) in [6, 6.07) is 4.29. The number of hydrogen-bond acceptors (Lipinski definition) is 3. The van der Waals surface area contributed by atoms with Crippen molar-refractivity contribution in [2.45, 2.75) is 39.8 Å². The van der Waals surface area contributed by atoms with Gasteiger partial charge in [-0.15, -0.1) is 0 Å². The van der Waals surface area contributed by atoms with Gasteiger partial charge in [0, 0.05) is 24.2 Å². The summed E-state index contributed by atoms with van der Waals surface area (Å²) in [6.45, 7) is 9.76. The van der Waals surface area contributed by atoms with E-state index in [9.17, 15) is 0 Å². The summed E-state index contributed by atoms with van der Waals surface area (Å²) >= 11 is 0. The van der Waals surface area contributed by atoms with Gasteiger partial charge in [-0.2, -0.15) is 0 Å². The molecule has 0 saturated carbocycles. The maximum atomic E-state index is 5.71. The highest BCUT2D eigenvalue weighted by Gasteiger charge is 2.16. The Bertz CT molecular complexity index is 386. The van der Waals surface area contributed by atoms with Crippen molar-refractivity contribution in [3.05, 3.63) is 28.8 Å². The van der Waals surface area contributed by atoms with E-state index in [1.54, 1.807) is 7.11 Å². The lowest BCUT2D eigenvalue weighted by Crippen LogP contribution is -2.45. The quantitative estimate of drug-likeness (QED) is 0.823. The van der Waals surface area contributed by atoms with Crippen LogP contribution >= 0.6 is 0 Å². The van der Waals surface area contributed by atoms with E-state index in [1.807, 2.05) is 0 Å². The van der Waals surface area contributed by atoms with E-state index in [1.165, 1.54) is 16.7 Å². The normalized spacial score (nSPS) is 11.6. The molecule has 1 aromatic carbocycles. The van der Waals surface area contributed by atoms with Crippen LogP contribution < -0.4 is 15.8 Å². The van der Waals surface area contributed by atoms with E-state index >= 15 is 0 Å². The fourth-order valence-electron chi connectivity index (χ4n) is 1.87. The van der Waals surface area contributed by atoms with Crippen molar-refractivity contribution >= 4 is 0 Å². The van der Waals surface area contributed by atoms with Crippen molar-refractivity contribution in [3.63, 3.8) is 0 Å². The SMILES string of the molecule is COc1c(C)cc(C)cc1CNC(C)(C)CN. The van der Waals surface area contributed by atoms with Gasteiger partial charge in [0.05, 0.1) is 7.11 Å². The Morgan fingerprint density at radius 3 is 2.47 bits per heavy atom. The lowest BCUT2D eigenvalue weighted by Gasteiger charge is -2.25. The molecule has 0 spiro atoms. The van der Waals surface area contributed by atoms with Gasteiger partial charge < -0.3 is 15.8 Å². The first kappa shape index (κ1) is 14.0. The standard InChI is InChI=1S/C14H24N2O/c1-10-6-11(2)13(17-5)12(7-10)8-16-14(3,4)9-15/h6-7,16H,8-9,15H2,1-5H3. The fraction of sp³-hybridized carbons (Fsp3) is 0.571. The lowest BCUT2D eigenvalue weighted by atomic mass is 10.0.